The van der Waals surface area contributed by atoms with Crippen LogP contribution in [0, 0.1) is 18.3 Å². The lowest BCUT2D eigenvalue weighted by molar-refractivity contribution is 0.311. The van der Waals surface area contributed by atoms with Crippen molar-refractivity contribution in [2.75, 3.05) is 18.5 Å². The maximum Gasteiger partial charge on any atom is 0.144 e. The van der Waals surface area contributed by atoms with Crippen molar-refractivity contribution < 1.29 is 5.11 Å². The maximum absolute atomic E-state index is 9.05. The molecule has 2 rings (SSSR count). The lowest BCUT2D eigenvalue weighted by Gasteiger charge is -2.07. The van der Waals surface area contributed by atoms with Gasteiger partial charge in [-0.15, -0.1) is 0 Å². The number of hydrogen-bond acceptors (Lipinski definition) is 4. The van der Waals surface area contributed by atoms with Crippen molar-refractivity contribution in [3.63, 3.8) is 0 Å². The molecule has 0 spiro atoms. The third-order valence-electron chi connectivity index (χ3n) is 2.49. The first-order valence-electron chi connectivity index (χ1n) is 5.41. The highest BCUT2D eigenvalue weighted by Gasteiger charge is 2.05. The molecule has 0 aliphatic rings. The molecule has 0 aliphatic carbocycles. The number of benzene rings is 1. The van der Waals surface area contributed by atoms with E-state index in [1.54, 1.807) is 0 Å². The van der Waals surface area contributed by atoms with E-state index in [9.17, 15) is 0 Å². The van der Waals surface area contributed by atoms with Gasteiger partial charge in [0.05, 0.1) is 17.7 Å². The van der Waals surface area contributed by atoms with Gasteiger partial charge in [0.25, 0.3) is 0 Å². The molecule has 0 unspecified atom stereocenters. The molecule has 1 heterocycles. The number of anilines is 1. The van der Waals surface area contributed by atoms with Crippen molar-refractivity contribution in [2.24, 2.45) is 0 Å². The molecule has 4 nitrogen and oxygen atoms in total. The topological polar surface area (TPSA) is 68.9 Å². The summed E-state index contributed by atoms with van der Waals surface area (Å²) in [5.74, 6) is 0.526. The van der Waals surface area contributed by atoms with Crippen LogP contribution in [0.1, 0.15) is 11.1 Å². The van der Waals surface area contributed by atoms with Crippen molar-refractivity contribution in [1.29, 1.82) is 5.26 Å². The Balaban J connectivity index is 2.53. The first-order valence-corrected chi connectivity index (χ1v) is 5.41. The molecule has 0 aliphatic heterocycles. The second kappa shape index (κ2) is 4.81. The largest absolute Gasteiger partial charge is 0.395 e. The Kier molecular flexibility index (Phi) is 3.22. The monoisotopic (exact) mass is 227 g/mol. The van der Waals surface area contributed by atoms with Crippen LogP contribution in [-0.2, 0) is 0 Å². The number of aliphatic hydroxyl groups is 1. The molecule has 0 amide bonds. The van der Waals surface area contributed by atoms with Crippen LogP contribution in [0.25, 0.3) is 10.9 Å². The smallest absolute Gasteiger partial charge is 0.144 e. The molecular formula is C13H13N3O. The van der Waals surface area contributed by atoms with Crippen LogP contribution < -0.4 is 5.32 Å². The fourth-order valence-electron chi connectivity index (χ4n) is 1.69. The molecule has 0 saturated heterocycles. The summed E-state index contributed by atoms with van der Waals surface area (Å²) in [5, 5.41) is 21.7. The van der Waals surface area contributed by atoms with Gasteiger partial charge in [0.2, 0.25) is 0 Å². The van der Waals surface area contributed by atoms with Crippen LogP contribution >= 0.6 is 0 Å². The summed E-state index contributed by atoms with van der Waals surface area (Å²) in [4.78, 5) is 4.38. The van der Waals surface area contributed by atoms with Gasteiger partial charge in [0.1, 0.15) is 11.9 Å². The van der Waals surface area contributed by atoms with E-state index in [0.29, 0.717) is 17.9 Å². The van der Waals surface area contributed by atoms with Gasteiger partial charge in [0, 0.05) is 11.9 Å². The Morgan fingerprint density at radius 1 is 1.41 bits per heavy atom. The molecule has 1 aromatic heterocycles. The minimum absolute atomic E-state index is 0.0124. The molecule has 17 heavy (non-hydrogen) atoms. The average Bonchev–Trinajstić information content (AvgIpc) is 2.35. The predicted octanol–water partition coefficient (Wildman–Crippen LogP) is 1.82. The number of aliphatic hydroxyl groups excluding tert-OH is 1. The van der Waals surface area contributed by atoms with E-state index >= 15 is 0 Å². The zero-order chi connectivity index (χ0) is 12.3. The van der Waals surface area contributed by atoms with Crippen molar-refractivity contribution in [3.8, 4) is 6.07 Å². The number of nitrogens with zero attached hydrogens (tertiary/aromatic N) is 2. The van der Waals surface area contributed by atoms with E-state index in [2.05, 4.69) is 16.4 Å². The van der Waals surface area contributed by atoms with Gasteiger partial charge < -0.3 is 10.4 Å². The fourth-order valence-corrected chi connectivity index (χ4v) is 1.69. The van der Waals surface area contributed by atoms with Crippen molar-refractivity contribution in [1.82, 2.24) is 4.98 Å². The molecule has 4 heteroatoms. The quantitative estimate of drug-likeness (QED) is 0.839. The van der Waals surface area contributed by atoms with Gasteiger partial charge in [-0.05, 0) is 25.1 Å². The average molecular weight is 227 g/mol. The van der Waals surface area contributed by atoms with Crippen LogP contribution in [0.5, 0.6) is 0 Å². The van der Waals surface area contributed by atoms with Crippen LogP contribution in [0.2, 0.25) is 0 Å². The minimum atomic E-state index is 0.0124. The van der Waals surface area contributed by atoms with E-state index < -0.39 is 0 Å². The molecule has 0 atom stereocenters. The van der Waals surface area contributed by atoms with E-state index in [0.717, 1.165) is 16.5 Å². The van der Waals surface area contributed by atoms with E-state index in [4.69, 9.17) is 10.4 Å². The van der Waals surface area contributed by atoms with Crippen molar-refractivity contribution >= 4 is 16.7 Å². The second-order valence-corrected chi connectivity index (χ2v) is 3.84. The predicted molar refractivity (Wildman–Crippen MR) is 66.8 cm³/mol. The molecule has 0 bridgehead atoms. The number of hydrogen-bond donors (Lipinski definition) is 2. The van der Waals surface area contributed by atoms with Crippen LogP contribution in [0.3, 0.4) is 0 Å². The summed E-state index contributed by atoms with van der Waals surface area (Å²) in [6.45, 7) is 2.40. The molecule has 0 radical (unpaired) electrons. The molecule has 2 aromatic rings. The van der Waals surface area contributed by atoms with Gasteiger partial charge in [0.15, 0.2) is 0 Å². The Hall–Kier alpha value is -2.12. The second-order valence-electron chi connectivity index (χ2n) is 3.84. The van der Waals surface area contributed by atoms with Crippen LogP contribution in [0.4, 0.5) is 5.82 Å². The number of pyridine rings is 1. The minimum Gasteiger partial charge on any atom is -0.395 e. The third kappa shape index (κ3) is 2.35. The Morgan fingerprint density at radius 3 is 2.94 bits per heavy atom. The summed E-state index contributed by atoms with van der Waals surface area (Å²) >= 11 is 0. The SMILES string of the molecule is Cc1ccc2nc(NCCO)c(C#N)cc2c1. The van der Waals surface area contributed by atoms with Gasteiger partial charge in [-0.3, -0.25) is 0 Å². The fraction of sp³-hybridized carbons (Fsp3) is 0.231. The Morgan fingerprint density at radius 2 is 2.24 bits per heavy atom. The van der Waals surface area contributed by atoms with Gasteiger partial charge >= 0.3 is 0 Å². The number of nitriles is 1. The van der Waals surface area contributed by atoms with Crippen molar-refractivity contribution in [2.45, 2.75) is 6.92 Å². The third-order valence-corrected chi connectivity index (χ3v) is 2.49. The number of nitrogens with one attached hydrogen (secondary N) is 1. The van der Waals surface area contributed by atoms with E-state index in [-0.39, 0.29) is 6.61 Å². The number of aromatic nitrogens is 1. The Bertz CT molecular complexity index is 587. The summed E-state index contributed by atoms with van der Waals surface area (Å²) in [5.41, 5.74) is 2.48. The molecule has 0 saturated carbocycles. The lowest BCUT2D eigenvalue weighted by atomic mass is 10.1. The van der Waals surface area contributed by atoms with Gasteiger partial charge in [-0.1, -0.05) is 11.6 Å². The van der Waals surface area contributed by atoms with Crippen LogP contribution in [-0.4, -0.2) is 23.2 Å². The van der Waals surface area contributed by atoms with Crippen LogP contribution in [0.15, 0.2) is 24.3 Å². The van der Waals surface area contributed by atoms with E-state index in [1.165, 1.54) is 0 Å². The summed E-state index contributed by atoms with van der Waals surface area (Å²) < 4.78 is 0. The van der Waals surface area contributed by atoms with Gasteiger partial charge in [-0.2, -0.15) is 5.26 Å². The lowest BCUT2D eigenvalue weighted by Crippen LogP contribution is -2.08. The summed E-state index contributed by atoms with van der Waals surface area (Å²) in [7, 11) is 0. The molecular weight excluding hydrogens is 214 g/mol. The first-order chi connectivity index (χ1) is 8.24. The molecule has 0 fully saturated rings. The molecule has 2 N–H and O–H groups in total. The highest BCUT2D eigenvalue weighted by molar-refractivity contribution is 5.83. The zero-order valence-corrected chi connectivity index (χ0v) is 9.57. The number of aryl methyl sites for hydroxylation is 1. The first kappa shape index (κ1) is 11.4. The number of rotatable bonds is 3. The Labute approximate surface area is 99.5 Å². The zero-order valence-electron chi connectivity index (χ0n) is 9.57. The van der Waals surface area contributed by atoms with Gasteiger partial charge in [-0.25, -0.2) is 4.98 Å². The maximum atomic E-state index is 9.05. The number of fused-ring (bicyclic) bond motifs is 1. The van der Waals surface area contributed by atoms with E-state index in [1.807, 2.05) is 31.2 Å². The highest BCUT2D eigenvalue weighted by Crippen LogP contribution is 2.20. The molecule has 86 valence electrons. The molecule has 1 aromatic carbocycles. The van der Waals surface area contributed by atoms with Crippen molar-refractivity contribution in [3.05, 3.63) is 35.4 Å². The highest BCUT2D eigenvalue weighted by atomic mass is 16.3. The standard InChI is InChI=1S/C13H13N3O/c1-9-2-3-12-10(6-9)7-11(8-14)13(16-12)15-4-5-17/h2-3,6-7,17H,4-5H2,1H3,(H,15,16). The summed E-state index contributed by atoms with van der Waals surface area (Å²) in [6, 6.07) is 9.83. The summed E-state index contributed by atoms with van der Waals surface area (Å²) in [6.07, 6.45) is 0. The normalized spacial score (nSPS) is 10.2.